The van der Waals surface area contributed by atoms with Crippen LogP contribution in [0.25, 0.3) is 0 Å². The minimum atomic E-state index is 0.189. The Balaban J connectivity index is 2.85. The molecule has 1 aliphatic rings. The van der Waals surface area contributed by atoms with Gasteiger partial charge in [0.2, 0.25) is 0 Å². The fraction of sp³-hybridized carbons (Fsp3) is 0.769. The van der Waals surface area contributed by atoms with Crippen molar-refractivity contribution in [3.05, 3.63) is 12.2 Å². The van der Waals surface area contributed by atoms with E-state index in [4.69, 9.17) is 0 Å². The van der Waals surface area contributed by atoms with Crippen LogP contribution in [-0.2, 0) is 4.79 Å². The molecule has 0 amide bonds. The number of carbonyl (C=O) groups excluding carboxylic acids is 1. The van der Waals surface area contributed by atoms with Gasteiger partial charge in [-0.25, -0.2) is 0 Å². The molecule has 1 rings (SSSR count). The first kappa shape index (κ1) is 11.5. The zero-order valence-corrected chi connectivity index (χ0v) is 9.84. The smallest absolute Gasteiger partial charge is 0.159 e. The molecule has 0 spiro atoms. The molecule has 1 fully saturated rings. The first-order valence-corrected chi connectivity index (χ1v) is 5.65. The van der Waals surface area contributed by atoms with Gasteiger partial charge in [-0.1, -0.05) is 33.3 Å². The van der Waals surface area contributed by atoms with Crippen LogP contribution in [0, 0.1) is 17.3 Å². The van der Waals surface area contributed by atoms with Crippen molar-refractivity contribution >= 4 is 5.78 Å². The summed E-state index contributed by atoms with van der Waals surface area (Å²) in [6, 6.07) is 0. The summed E-state index contributed by atoms with van der Waals surface area (Å²) in [5, 5.41) is 0. The molecule has 0 unspecified atom stereocenters. The van der Waals surface area contributed by atoms with Crippen LogP contribution < -0.4 is 0 Å². The monoisotopic (exact) mass is 194 g/mol. The number of ketones is 1. The Kier molecular flexibility index (Phi) is 3.52. The SMILES string of the molecule is C/C=C\C(=O)[C@H]1[C@H](C)CCCC1(C)C. The molecule has 0 saturated heterocycles. The highest BCUT2D eigenvalue weighted by Gasteiger charge is 2.40. The molecule has 0 aromatic carbocycles. The maximum atomic E-state index is 11.9. The zero-order valence-electron chi connectivity index (χ0n) is 9.84. The number of hydrogen-bond donors (Lipinski definition) is 0. The zero-order chi connectivity index (χ0) is 10.8. The molecular weight excluding hydrogens is 172 g/mol. The number of rotatable bonds is 2. The van der Waals surface area contributed by atoms with Crippen LogP contribution in [0.15, 0.2) is 12.2 Å². The fourth-order valence-electron chi connectivity index (χ4n) is 2.91. The van der Waals surface area contributed by atoms with E-state index in [1.54, 1.807) is 6.08 Å². The van der Waals surface area contributed by atoms with Crippen molar-refractivity contribution in [2.75, 3.05) is 0 Å². The van der Waals surface area contributed by atoms with Gasteiger partial charge in [0, 0.05) is 5.92 Å². The van der Waals surface area contributed by atoms with Gasteiger partial charge < -0.3 is 0 Å². The van der Waals surface area contributed by atoms with E-state index in [9.17, 15) is 4.79 Å². The quantitative estimate of drug-likeness (QED) is 0.614. The first-order chi connectivity index (χ1) is 6.49. The minimum absolute atomic E-state index is 0.189. The third-order valence-corrected chi connectivity index (χ3v) is 3.53. The second-order valence-corrected chi connectivity index (χ2v) is 5.24. The molecule has 1 saturated carbocycles. The van der Waals surface area contributed by atoms with Crippen LogP contribution >= 0.6 is 0 Å². The Labute approximate surface area is 87.6 Å². The van der Waals surface area contributed by atoms with Gasteiger partial charge in [-0.2, -0.15) is 0 Å². The summed E-state index contributed by atoms with van der Waals surface area (Å²) in [4.78, 5) is 11.9. The molecule has 1 nitrogen and oxygen atoms in total. The molecule has 1 aliphatic carbocycles. The molecule has 14 heavy (non-hydrogen) atoms. The van der Waals surface area contributed by atoms with Gasteiger partial charge in [0.1, 0.15) is 0 Å². The Bertz CT molecular complexity index is 238. The van der Waals surface area contributed by atoms with E-state index < -0.39 is 0 Å². The highest BCUT2D eigenvalue weighted by Crippen LogP contribution is 2.44. The van der Waals surface area contributed by atoms with Gasteiger partial charge in [-0.05, 0) is 37.2 Å². The molecule has 0 aromatic rings. The number of hydrogen-bond acceptors (Lipinski definition) is 1. The first-order valence-electron chi connectivity index (χ1n) is 5.65. The molecule has 80 valence electrons. The summed E-state index contributed by atoms with van der Waals surface area (Å²) >= 11 is 0. The van der Waals surface area contributed by atoms with Crippen molar-refractivity contribution in [1.82, 2.24) is 0 Å². The van der Waals surface area contributed by atoms with E-state index >= 15 is 0 Å². The highest BCUT2D eigenvalue weighted by molar-refractivity contribution is 5.92. The summed E-state index contributed by atoms with van der Waals surface area (Å²) in [7, 11) is 0. The van der Waals surface area contributed by atoms with Crippen LogP contribution in [0.1, 0.15) is 47.0 Å². The second-order valence-electron chi connectivity index (χ2n) is 5.24. The average Bonchev–Trinajstić information content (AvgIpc) is 2.02. The molecular formula is C13H22O. The summed E-state index contributed by atoms with van der Waals surface area (Å²) < 4.78 is 0. The lowest BCUT2D eigenvalue weighted by Crippen LogP contribution is -2.38. The highest BCUT2D eigenvalue weighted by atomic mass is 16.1. The van der Waals surface area contributed by atoms with E-state index in [1.807, 2.05) is 13.0 Å². The van der Waals surface area contributed by atoms with E-state index in [2.05, 4.69) is 20.8 Å². The Morgan fingerprint density at radius 1 is 1.43 bits per heavy atom. The average molecular weight is 194 g/mol. The van der Waals surface area contributed by atoms with E-state index in [0.29, 0.717) is 11.7 Å². The van der Waals surface area contributed by atoms with Gasteiger partial charge in [0.15, 0.2) is 5.78 Å². The predicted octanol–water partition coefficient (Wildman–Crippen LogP) is 3.59. The lowest BCUT2D eigenvalue weighted by molar-refractivity contribution is -0.125. The van der Waals surface area contributed by atoms with Gasteiger partial charge >= 0.3 is 0 Å². The van der Waals surface area contributed by atoms with Crippen molar-refractivity contribution in [3.63, 3.8) is 0 Å². The van der Waals surface area contributed by atoms with Crippen molar-refractivity contribution < 1.29 is 4.79 Å². The molecule has 0 N–H and O–H groups in total. The Morgan fingerprint density at radius 2 is 2.07 bits per heavy atom. The maximum absolute atomic E-state index is 11.9. The number of carbonyl (C=O) groups is 1. The van der Waals surface area contributed by atoms with Crippen molar-refractivity contribution in [2.45, 2.75) is 47.0 Å². The van der Waals surface area contributed by atoms with Crippen LogP contribution in [-0.4, -0.2) is 5.78 Å². The van der Waals surface area contributed by atoms with Crippen molar-refractivity contribution in [2.24, 2.45) is 17.3 Å². The van der Waals surface area contributed by atoms with E-state index in [0.717, 1.165) is 0 Å². The van der Waals surface area contributed by atoms with Gasteiger partial charge in [-0.15, -0.1) is 0 Å². The van der Waals surface area contributed by atoms with Crippen LogP contribution in [0.4, 0.5) is 0 Å². The summed E-state index contributed by atoms with van der Waals surface area (Å²) in [5.74, 6) is 1.10. The lowest BCUT2D eigenvalue weighted by Gasteiger charge is -2.41. The van der Waals surface area contributed by atoms with Gasteiger partial charge in [0.25, 0.3) is 0 Å². The topological polar surface area (TPSA) is 17.1 Å². The maximum Gasteiger partial charge on any atom is 0.159 e. The van der Waals surface area contributed by atoms with E-state index in [-0.39, 0.29) is 11.3 Å². The van der Waals surface area contributed by atoms with Crippen LogP contribution in [0.3, 0.4) is 0 Å². The molecule has 0 aromatic heterocycles. The summed E-state index contributed by atoms with van der Waals surface area (Å²) in [6.45, 7) is 8.59. The third kappa shape index (κ3) is 2.26. The lowest BCUT2D eigenvalue weighted by atomic mass is 9.62. The molecule has 0 heterocycles. The fourth-order valence-corrected chi connectivity index (χ4v) is 2.91. The molecule has 0 radical (unpaired) electrons. The molecule has 0 bridgehead atoms. The molecule has 0 aliphatic heterocycles. The van der Waals surface area contributed by atoms with E-state index in [1.165, 1.54) is 19.3 Å². The standard InChI is InChI=1S/C13H22O/c1-5-7-11(14)12-10(2)8-6-9-13(12,3)4/h5,7,10,12H,6,8-9H2,1-4H3/b7-5-/t10-,12-/m1/s1. The minimum Gasteiger partial charge on any atom is -0.295 e. The second kappa shape index (κ2) is 4.29. The summed E-state index contributed by atoms with van der Waals surface area (Å²) in [5.41, 5.74) is 0.189. The van der Waals surface area contributed by atoms with Crippen molar-refractivity contribution in [3.8, 4) is 0 Å². The number of allylic oxidation sites excluding steroid dienone is 2. The normalized spacial score (nSPS) is 32.0. The largest absolute Gasteiger partial charge is 0.295 e. The third-order valence-electron chi connectivity index (χ3n) is 3.53. The summed E-state index contributed by atoms with van der Waals surface area (Å²) in [6.07, 6.45) is 7.27. The van der Waals surface area contributed by atoms with Gasteiger partial charge in [0.05, 0.1) is 0 Å². The molecule has 1 heteroatoms. The van der Waals surface area contributed by atoms with Crippen LogP contribution in [0.2, 0.25) is 0 Å². The Hall–Kier alpha value is -0.590. The Morgan fingerprint density at radius 3 is 2.57 bits per heavy atom. The predicted molar refractivity (Wildman–Crippen MR) is 60.1 cm³/mol. The molecule has 2 atom stereocenters. The van der Waals surface area contributed by atoms with Gasteiger partial charge in [-0.3, -0.25) is 4.79 Å². The van der Waals surface area contributed by atoms with Crippen LogP contribution in [0.5, 0.6) is 0 Å². The van der Waals surface area contributed by atoms with Crippen molar-refractivity contribution in [1.29, 1.82) is 0 Å².